The van der Waals surface area contributed by atoms with Gasteiger partial charge in [-0.2, -0.15) is 0 Å². The highest BCUT2D eigenvalue weighted by Gasteiger charge is 2.21. The molecule has 0 aromatic heterocycles. The van der Waals surface area contributed by atoms with E-state index in [1.807, 2.05) is 0 Å². The van der Waals surface area contributed by atoms with Crippen LogP contribution in [0, 0.1) is 5.92 Å². The summed E-state index contributed by atoms with van der Waals surface area (Å²) in [5.41, 5.74) is 8.84. The number of hydrogen-bond acceptors (Lipinski definition) is 3. The summed E-state index contributed by atoms with van der Waals surface area (Å²) in [5, 5.41) is 0. The lowest BCUT2D eigenvalue weighted by Gasteiger charge is -2.35. The Hall–Kier alpha value is -1.06. The molecular formula is C16H26N2O. The third-order valence-electron chi connectivity index (χ3n) is 4.13. The van der Waals surface area contributed by atoms with Gasteiger partial charge in [-0.05, 0) is 36.8 Å². The first-order chi connectivity index (χ1) is 9.26. The van der Waals surface area contributed by atoms with Crippen LogP contribution in [0.2, 0.25) is 0 Å². The molecule has 1 aliphatic rings. The van der Waals surface area contributed by atoms with Crippen molar-refractivity contribution >= 4 is 5.69 Å². The summed E-state index contributed by atoms with van der Waals surface area (Å²) in [7, 11) is 1.79. The van der Waals surface area contributed by atoms with Crippen LogP contribution in [0.1, 0.15) is 37.8 Å². The van der Waals surface area contributed by atoms with E-state index in [9.17, 15) is 0 Å². The molecule has 1 atom stereocenters. The highest BCUT2D eigenvalue weighted by atomic mass is 16.5. The van der Waals surface area contributed by atoms with Crippen LogP contribution in [0.4, 0.5) is 5.69 Å². The number of methoxy groups -OCH3 is 1. The van der Waals surface area contributed by atoms with E-state index in [1.54, 1.807) is 7.11 Å². The summed E-state index contributed by atoms with van der Waals surface area (Å²) in [6.45, 7) is 5.26. The molecule has 1 aliphatic heterocycles. The molecule has 0 radical (unpaired) electrons. The number of anilines is 1. The molecule has 1 aromatic carbocycles. The van der Waals surface area contributed by atoms with Gasteiger partial charge in [0.2, 0.25) is 0 Å². The molecule has 3 heteroatoms. The van der Waals surface area contributed by atoms with E-state index in [4.69, 9.17) is 10.5 Å². The predicted molar refractivity (Wildman–Crippen MR) is 80.5 cm³/mol. The predicted octanol–water partition coefficient (Wildman–Crippen LogP) is 2.96. The Morgan fingerprint density at radius 1 is 1.32 bits per heavy atom. The van der Waals surface area contributed by atoms with Crippen molar-refractivity contribution in [2.45, 2.75) is 32.2 Å². The van der Waals surface area contributed by atoms with E-state index in [-0.39, 0.29) is 6.04 Å². The minimum atomic E-state index is 0.146. The summed E-state index contributed by atoms with van der Waals surface area (Å²) in [6, 6.07) is 8.73. The van der Waals surface area contributed by atoms with Crippen LogP contribution in [0.15, 0.2) is 24.3 Å². The Morgan fingerprint density at radius 3 is 2.63 bits per heavy atom. The monoisotopic (exact) mass is 262 g/mol. The van der Waals surface area contributed by atoms with Gasteiger partial charge in [0, 0.05) is 38.5 Å². The average molecular weight is 262 g/mol. The molecule has 2 N–H and O–H groups in total. The van der Waals surface area contributed by atoms with Crippen LogP contribution in [-0.2, 0) is 4.74 Å². The first-order valence-electron chi connectivity index (χ1n) is 7.34. The zero-order valence-corrected chi connectivity index (χ0v) is 12.1. The summed E-state index contributed by atoms with van der Waals surface area (Å²) in [4.78, 5) is 2.48. The van der Waals surface area contributed by atoms with Crippen LogP contribution >= 0.6 is 0 Å². The Kier molecular flexibility index (Phi) is 5.23. The Morgan fingerprint density at radius 2 is 2.00 bits per heavy atom. The molecule has 0 saturated carbocycles. The zero-order valence-electron chi connectivity index (χ0n) is 12.1. The van der Waals surface area contributed by atoms with Crippen LogP contribution in [0.3, 0.4) is 0 Å². The van der Waals surface area contributed by atoms with Crippen LogP contribution in [0.5, 0.6) is 0 Å². The van der Waals surface area contributed by atoms with Crippen molar-refractivity contribution in [1.82, 2.24) is 0 Å². The van der Waals surface area contributed by atoms with Crippen molar-refractivity contribution in [3.05, 3.63) is 29.8 Å². The number of nitrogens with two attached hydrogens (primary N) is 1. The van der Waals surface area contributed by atoms with Gasteiger partial charge in [-0.25, -0.2) is 0 Å². The molecule has 1 unspecified atom stereocenters. The summed E-state index contributed by atoms with van der Waals surface area (Å²) in [5.74, 6) is 0.716. The molecule has 19 heavy (non-hydrogen) atoms. The quantitative estimate of drug-likeness (QED) is 0.886. The fourth-order valence-corrected chi connectivity index (χ4v) is 2.89. The van der Waals surface area contributed by atoms with Gasteiger partial charge in [0.1, 0.15) is 0 Å². The minimum Gasteiger partial charge on any atom is -0.384 e. The second-order valence-corrected chi connectivity index (χ2v) is 5.46. The van der Waals surface area contributed by atoms with E-state index in [2.05, 4.69) is 36.1 Å². The summed E-state index contributed by atoms with van der Waals surface area (Å²) < 4.78 is 5.26. The van der Waals surface area contributed by atoms with E-state index in [1.165, 1.54) is 24.1 Å². The Bertz CT molecular complexity index is 386. The van der Waals surface area contributed by atoms with Gasteiger partial charge in [-0.3, -0.25) is 0 Å². The minimum absolute atomic E-state index is 0.146. The van der Waals surface area contributed by atoms with Crippen molar-refractivity contribution in [3.8, 4) is 0 Å². The van der Waals surface area contributed by atoms with Gasteiger partial charge in [0.05, 0.1) is 0 Å². The van der Waals surface area contributed by atoms with Gasteiger partial charge in [-0.1, -0.05) is 25.1 Å². The number of piperidine rings is 1. The third-order valence-corrected chi connectivity index (χ3v) is 4.13. The average Bonchev–Trinajstić information content (AvgIpc) is 2.47. The van der Waals surface area contributed by atoms with Gasteiger partial charge in [0.15, 0.2) is 0 Å². The number of benzene rings is 1. The highest BCUT2D eigenvalue weighted by Crippen LogP contribution is 2.30. The topological polar surface area (TPSA) is 38.5 Å². The largest absolute Gasteiger partial charge is 0.384 e. The second-order valence-electron chi connectivity index (χ2n) is 5.46. The normalized spacial score (nSPS) is 18.6. The van der Waals surface area contributed by atoms with E-state index >= 15 is 0 Å². The number of nitrogens with zero attached hydrogens (tertiary/aromatic N) is 1. The maximum absolute atomic E-state index is 6.23. The molecule has 0 spiro atoms. The number of para-hydroxylation sites is 1. The molecule has 1 fully saturated rings. The Balaban J connectivity index is 2.07. The van der Waals surface area contributed by atoms with Crippen LogP contribution in [-0.4, -0.2) is 26.8 Å². The smallest absolute Gasteiger partial charge is 0.0491 e. The molecule has 0 amide bonds. The lowest BCUT2D eigenvalue weighted by Crippen LogP contribution is -2.36. The van der Waals surface area contributed by atoms with Gasteiger partial charge in [0.25, 0.3) is 0 Å². The van der Waals surface area contributed by atoms with Crippen molar-refractivity contribution in [2.24, 2.45) is 11.7 Å². The zero-order chi connectivity index (χ0) is 13.7. The van der Waals surface area contributed by atoms with E-state index in [0.29, 0.717) is 5.92 Å². The van der Waals surface area contributed by atoms with Gasteiger partial charge in [-0.15, -0.1) is 0 Å². The summed E-state index contributed by atoms with van der Waals surface area (Å²) >= 11 is 0. The van der Waals surface area contributed by atoms with Crippen LogP contribution < -0.4 is 10.6 Å². The van der Waals surface area contributed by atoms with Crippen molar-refractivity contribution in [2.75, 3.05) is 31.7 Å². The maximum Gasteiger partial charge on any atom is 0.0491 e. The number of rotatable bonds is 5. The first-order valence-corrected chi connectivity index (χ1v) is 7.34. The number of hydrogen-bond donors (Lipinski definition) is 1. The lowest BCUT2D eigenvalue weighted by molar-refractivity contribution is 0.139. The summed E-state index contributed by atoms with van der Waals surface area (Å²) in [6.07, 6.45) is 3.41. The molecule has 1 heterocycles. The van der Waals surface area contributed by atoms with Crippen LogP contribution in [0.25, 0.3) is 0 Å². The van der Waals surface area contributed by atoms with Gasteiger partial charge < -0.3 is 15.4 Å². The second kappa shape index (κ2) is 6.92. The number of ether oxygens (including phenoxy) is 1. The molecule has 1 aromatic rings. The SMILES string of the molecule is CCC(N)c1ccccc1N1CCC(COC)CC1. The third kappa shape index (κ3) is 3.48. The fourth-order valence-electron chi connectivity index (χ4n) is 2.89. The van der Waals surface area contributed by atoms with E-state index < -0.39 is 0 Å². The first kappa shape index (κ1) is 14.4. The fraction of sp³-hybridized carbons (Fsp3) is 0.625. The lowest BCUT2D eigenvalue weighted by atomic mass is 9.95. The van der Waals surface area contributed by atoms with E-state index in [0.717, 1.165) is 26.1 Å². The molecule has 3 nitrogen and oxygen atoms in total. The van der Waals surface area contributed by atoms with Crippen molar-refractivity contribution in [1.29, 1.82) is 0 Å². The molecule has 1 saturated heterocycles. The van der Waals surface area contributed by atoms with Crippen molar-refractivity contribution < 1.29 is 4.74 Å². The Labute approximate surface area is 116 Å². The van der Waals surface area contributed by atoms with Gasteiger partial charge >= 0.3 is 0 Å². The molecule has 0 aliphatic carbocycles. The standard InChI is InChI=1S/C16H26N2O/c1-3-15(17)14-6-4-5-7-16(14)18-10-8-13(9-11-18)12-19-2/h4-7,13,15H,3,8-12,17H2,1-2H3. The van der Waals surface area contributed by atoms with Crippen molar-refractivity contribution in [3.63, 3.8) is 0 Å². The molecule has 2 rings (SSSR count). The maximum atomic E-state index is 6.23. The molecule has 106 valence electrons. The highest BCUT2D eigenvalue weighted by molar-refractivity contribution is 5.55. The molecule has 0 bridgehead atoms. The molecular weight excluding hydrogens is 236 g/mol.